The van der Waals surface area contributed by atoms with Crippen LogP contribution in [0.3, 0.4) is 0 Å². The van der Waals surface area contributed by atoms with Crippen molar-refractivity contribution >= 4 is 11.8 Å². The number of hydrogen-bond acceptors (Lipinski definition) is 4. The lowest BCUT2D eigenvalue weighted by atomic mass is 10.1. The minimum atomic E-state index is -0.314. The molecule has 0 radical (unpaired) electrons. The van der Waals surface area contributed by atoms with Gasteiger partial charge in [-0.3, -0.25) is 14.3 Å². The van der Waals surface area contributed by atoms with Crippen LogP contribution in [0.2, 0.25) is 0 Å². The molecular formula is C11H17N3O2S. The summed E-state index contributed by atoms with van der Waals surface area (Å²) in [7, 11) is 1.52. The largest absolute Gasteiger partial charge is 0.328 e. The monoisotopic (exact) mass is 255 g/mol. The maximum atomic E-state index is 12.0. The third-order valence-corrected chi connectivity index (χ3v) is 3.75. The number of H-pyrrole nitrogens is 1. The van der Waals surface area contributed by atoms with Gasteiger partial charge in [-0.05, 0) is 6.26 Å². The van der Waals surface area contributed by atoms with Crippen molar-refractivity contribution < 1.29 is 0 Å². The molecule has 1 aromatic heterocycles. The fraction of sp³-hybridized carbons (Fsp3) is 0.636. The minimum absolute atomic E-state index is 0.155. The number of aromatic nitrogens is 2. The van der Waals surface area contributed by atoms with Gasteiger partial charge in [-0.1, -0.05) is 0 Å². The van der Waals surface area contributed by atoms with Gasteiger partial charge in [-0.2, -0.15) is 11.8 Å². The lowest BCUT2D eigenvalue weighted by molar-refractivity contribution is 0.264. The first-order chi connectivity index (χ1) is 8.13. The molecule has 0 unspecified atom stereocenters. The fourth-order valence-corrected chi connectivity index (χ4v) is 2.51. The number of nitrogens with zero attached hydrogens (tertiary/aromatic N) is 2. The SMILES string of the molecule is CSCCN1CCc2[nH]c(=O)n(C)c(=O)c2C1. The fourth-order valence-electron chi connectivity index (χ4n) is 2.07. The number of aromatic amines is 1. The average molecular weight is 255 g/mol. The van der Waals surface area contributed by atoms with E-state index in [4.69, 9.17) is 0 Å². The van der Waals surface area contributed by atoms with Gasteiger partial charge >= 0.3 is 5.69 Å². The number of thioether (sulfide) groups is 1. The van der Waals surface area contributed by atoms with Crippen molar-refractivity contribution in [2.45, 2.75) is 13.0 Å². The highest BCUT2D eigenvalue weighted by Crippen LogP contribution is 2.12. The highest BCUT2D eigenvalue weighted by atomic mass is 32.2. The lowest BCUT2D eigenvalue weighted by Crippen LogP contribution is -2.43. The molecule has 0 fully saturated rings. The summed E-state index contributed by atoms with van der Waals surface area (Å²) >= 11 is 1.80. The predicted octanol–water partition coefficient (Wildman–Crippen LogP) is -0.205. The van der Waals surface area contributed by atoms with E-state index in [0.29, 0.717) is 6.54 Å². The lowest BCUT2D eigenvalue weighted by Gasteiger charge is -2.27. The van der Waals surface area contributed by atoms with Gasteiger partial charge in [0.25, 0.3) is 5.56 Å². The van der Waals surface area contributed by atoms with E-state index < -0.39 is 0 Å². The standard InChI is InChI=1S/C11H17N3O2S/c1-13-10(15)8-7-14(5-6-17-2)4-3-9(8)12-11(13)16/h3-7H2,1-2H3,(H,12,16). The first kappa shape index (κ1) is 12.4. The molecule has 0 saturated heterocycles. The predicted molar refractivity (Wildman–Crippen MR) is 69.7 cm³/mol. The van der Waals surface area contributed by atoms with E-state index in [0.717, 1.165) is 41.1 Å². The number of hydrogen-bond donors (Lipinski definition) is 1. The quantitative estimate of drug-likeness (QED) is 0.812. The van der Waals surface area contributed by atoms with E-state index in [1.54, 1.807) is 11.8 Å². The van der Waals surface area contributed by atoms with Crippen molar-refractivity contribution in [1.82, 2.24) is 14.5 Å². The van der Waals surface area contributed by atoms with E-state index in [1.165, 1.54) is 7.05 Å². The van der Waals surface area contributed by atoms with E-state index in [9.17, 15) is 9.59 Å². The van der Waals surface area contributed by atoms with Crippen molar-refractivity contribution in [3.05, 3.63) is 32.1 Å². The molecule has 2 rings (SSSR count). The Morgan fingerprint density at radius 2 is 2.18 bits per heavy atom. The Kier molecular flexibility index (Phi) is 3.73. The van der Waals surface area contributed by atoms with Crippen LogP contribution in [-0.2, 0) is 20.0 Å². The summed E-state index contributed by atoms with van der Waals surface area (Å²) in [5.41, 5.74) is 1.10. The molecule has 0 bridgehead atoms. The van der Waals surface area contributed by atoms with Gasteiger partial charge in [0.2, 0.25) is 0 Å². The van der Waals surface area contributed by atoms with Crippen molar-refractivity contribution in [2.75, 3.05) is 25.1 Å². The smallest absolute Gasteiger partial charge is 0.311 e. The first-order valence-corrected chi connectivity index (χ1v) is 7.05. The zero-order valence-corrected chi connectivity index (χ0v) is 11.0. The van der Waals surface area contributed by atoms with E-state index in [2.05, 4.69) is 16.1 Å². The second-order valence-corrected chi connectivity index (χ2v) is 5.26. The normalized spacial score (nSPS) is 15.9. The maximum absolute atomic E-state index is 12.0. The molecule has 0 saturated carbocycles. The summed E-state index contributed by atoms with van der Waals surface area (Å²) in [5.74, 6) is 1.07. The van der Waals surface area contributed by atoms with Crippen LogP contribution in [0, 0.1) is 0 Å². The van der Waals surface area contributed by atoms with E-state index in [1.807, 2.05) is 0 Å². The number of fused-ring (bicyclic) bond motifs is 1. The Bertz CT molecular complexity index is 520. The molecule has 17 heavy (non-hydrogen) atoms. The summed E-state index contributed by atoms with van der Waals surface area (Å²) < 4.78 is 1.15. The summed E-state index contributed by atoms with van der Waals surface area (Å²) in [4.78, 5) is 28.5. The highest BCUT2D eigenvalue weighted by Gasteiger charge is 2.20. The van der Waals surface area contributed by atoms with Gasteiger partial charge in [0, 0.05) is 44.5 Å². The molecule has 2 heterocycles. The molecule has 0 aromatic carbocycles. The van der Waals surface area contributed by atoms with Crippen LogP contribution < -0.4 is 11.2 Å². The molecule has 1 aliphatic rings. The Hall–Kier alpha value is -1.01. The zero-order valence-electron chi connectivity index (χ0n) is 10.2. The topological polar surface area (TPSA) is 58.1 Å². The molecule has 6 heteroatoms. The van der Waals surface area contributed by atoms with Crippen LogP contribution in [0.1, 0.15) is 11.3 Å². The summed E-state index contributed by atoms with van der Waals surface area (Å²) in [6.45, 7) is 2.55. The Morgan fingerprint density at radius 3 is 2.88 bits per heavy atom. The number of rotatable bonds is 3. The third kappa shape index (κ3) is 2.47. The van der Waals surface area contributed by atoms with Crippen molar-refractivity contribution in [1.29, 1.82) is 0 Å². The Balaban J connectivity index is 2.28. The van der Waals surface area contributed by atoms with Crippen molar-refractivity contribution in [3.8, 4) is 0 Å². The summed E-state index contributed by atoms with van der Waals surface area (Å²) in [6.07, 6.45) is 2.84. The van der Waals surface area contributed by atoms with Crippen LogP contribution in [-0.4, -0.2) is 39.5 Å². The van der Waals surface area contributed by atoms with Gasteiger partial charge in [-0.25, -0.2) is 4.79 Å². The molecule has 0 spiro atoms. The van der Waals surface area contributed by atoms with Crippen LogP contribution >= 0.6 is 11.8 Å². The molecule has 1 aliphatic heterocycles. The summed E-state index contributed by atoms with van der Waals surface area (Å²) in [6, 6.07) is 0. The zero-order chi connectivity index (χ0) is 12.4. The average Bonchev–Trinajstić information content (AvgIpc) is 2.34. The Labute approximate surface area is 104 Å². The summed E-state index contributed by atoms with van der Waals surface area (Å²) in [5, 5.41) is 0. The van der Waals surface area contributed by atoms with Crippen LogP contribution in [0.15, 0.2) is 9.59 Å². The molecule has 1 N–H and O–H groups in total. The van der Waals surface area contributed by atoms with Crippen LogP contribution in [0.25, 0.3) is 0 Å². The maximum Gasteiger partial charge on any atom is 0.328 e. The van der Waals surface area contributed by atoms with Gasteiger partial charge < -0.3 is 4.98 Å². The molecule has 0 aliphatic carbocycles. The van der Waals surface area contributed by atoms with E-state index >= 15 is 0 Å². The van der Waals surface area contributed by atoms with Crippen LogP contribution in [0.4, 0.5) is 0 Å². The second kappa shape index (κ2) is 5.10. The van der Waals surface area contributed by atoms with Crippen molar-refractivity contribution in [2.24, 2.45) is 7.05 Å². The molecular weight excluding hydrogens is 238 g/mol. The second-order valence-electron chi connectivity index (χ2n) is 4.27. The number of nitrogens with one attached hydrogen (secondary N) is 1. The van der Waals surface area contributed by atoms with Crippen molar-refractivity contribution in [3.63, 3.8) is 0 Å². The van der Waals surface area contributed by atoms with Gasteiger partial charge in [0.15, 0.2) is 0 Å². The van der Waals surface area contributed by atoms with E-state index in [-0.39, 0.29) is 11.2 Å². The molecule has 0 atom stereocenters. The molecule has 0 amide bonds. The molecule has 5 nitrogen and oxygen atoms in total. The minimum Gasteiger partial charge on any atom is -0.311 e. The Morgan fingerprint density at radius 1 is 1.41 bits per heavy atom. The van der Waals surface area contributed by atoms with Crippen LogP contribution in [0.5, 0.6) is 0 Å². The van der Waals surface area contributed by atoms with Gasteiger partial charge in [0.05, 0.1) is 5.56 Å². The first-order valence-electron chi connectivity index (χ1n) is 5.66. The highest BCUT2D eigenvalue weighted by molar-refractivity contribution is 7.98. The molecule has 94 valence electrons. The van der Waals surface area contributed by atoms with Gasteiger partial charge in [-0.15, -0.1) is 0 Å². The molecule has 1 aromatic rings. The van der Waals surface area contributed by atoms with Gasteiger partial charge in [0.1, 0.15) is 0 Å². The third-order valence-electron chi connectivity index (χ3n) is 3.16.